The summed E-state index contributed by atoms with van der Waals surface area (Å²) in [6.45, 7) is 2.00. The van der Waals surface area contributed by atoms with Crippen LogP contribution < -0.4 is 5.19 Å². The van der Waals surface area contributed by atoms with Gasteiger partial charge in [0.15, 0.2) is 0 Å². The molecule has 9 heavy (non-hydrogen) atoms. The van der Waals surface area contributed by atoms with Gasteiger partial charge >= 0.3 is 0 Å². The van der Waals surface area contributed by atoms with Crippen molar-refractivity contribution in [1.82, 2.24) is 0 Å². The van der Waals surface area contributed by atoms with Crippen molar-refractivity contribution in [3.05, 3.63) is 29.6 Å². The number of rotatable bonds is 0. The molecule has 0 amide bonds. The van der Waals surface area contributed by atoms with Gasteiger partial charge in [0.05, 0.1) is 0 Å². The Morgan fingerprint density at radius 1 is 1.44 bits per heavy atom. The first-order valence-corrected chi connectivity index (χ1v) is 3.93. The second kappa shape index (κ2) is 2.31. The van der Waals surface area contributed by atoms with Crippen molar-refractivity contribution in [3.63, 3.8) is 0 Å². The van der Waals surface area contributed by atoms with Crippen molar-refractivity contribution in [3.8, 4) is 0 Å². The molecule has 0 saturated heterocycles. The zero-order chi connectivity index (χ0) is 6.85. The molecule has 1 aromatic carbocycles. The average Bonchev–Trinajstić information content (AvgIpc) is 1.80. The largest absolute Gasteiger partial charge is 0.207 e. The van der Waals surface area contributed by atoms with Crippen LogP contribution in [-0.2, 0) is 0 Å². The molecule has 1 rings (SSSR count). The minimum atomic E-state index is -0.120. The van der Waals surface area contributed by atoms with Crippen LogP contribution in [0.2, 0.25) is 0 Å². The van der Waals surface area contributed by atoms with E-state index in [4.69, 9.17) is 0 Å². The first kappa shape index (κ1) is 6.49. The summed E-state index contributed by atoms with van der Waals surface area (Å²) in [6, 6.07) is 4.91. The number of aryl methyl sites for hydroxylation is 1. The van der Waals surface area contributed by atoms with Crippen LogP contribution in [0.1, 0.15) is 5.56 Å². The predicted octanol–water partition coefficient (Wildman–Crippen LogP) is 0.125. The van der Waals surface area contributed by atoms with Crippen molar-refractivity contribution in [2.45, 2.75) is 6.92 Å². The molecule has 0 saturated carbocycles. The molecule has 0 aliphatic carbocycles. The molecule has 0 atom stereocenters. The summed E-state index contributed by atoms with van der Waals surface area (Å²) in [7, 11) is 0.935. The van der Waals surface area contributed by atoms with E-state index in [1.807, 2.05) is 13.0 Å². The quantitative estimate of drug-likeness (QED) is 0.449. The number of benzene rings is 1. The average molecular weight is 140 g/mol. The number of hydrogen-bond acceptors (Lipinski definition) is 0. The van der Waals surface area contributed by atoms with Gasteiger partial charge in [-0.2, -0.15) is 0 Å². The molecule has 0 radical (unpaired) electrons. The third-order valence-electron chi connectivity index (χ3n) is 1.47. The Labute approximate surface area is 57.1 Å². The molecule has 0 fully saturated rings. The van der Waals surface area contributed by atoms with Crippen LogP contribution in [0.3, 0.4) is 0 Å². The summed E-state index contributed by atoms with van der Waals surface area (Å²) >= 11 is 0. The first-order chi connectivity index (χ1) is 4.20. The first-order valence-electron chi connectivity index (χ1n) is 2.93. The van der Waals surface area contributed by atoms with Gasteiger partial charge in [-0.25, -0.2) is 4.39 Å². The highest BCUT2D eigenvalue weighted by Crippen LogP contribution is 1.96. The van der Waals surface area contributed by atoms with Gasteiger partial charge in [-0.15, -0.1) is 0 Å². The van der Waals surface area contributed by atoms with Crippen LogP contribution >= 0.6 is 0 Å². The smallest absolute Gasteiger partial charge is 0.123 e. The Bertz CT molecular complexity index is 220. The van der Waals surface area contributed by atoms with Gasteiger partial charge in [-0.05, 0) is 19.1 Å². The summed E-state index contributed by atoms with van der Waals surface area (Å²) in [5.41, 5.74) is 1.20. The van der Waals surface area contributed by atoms with E-state index in [-0.39, 0.29) is 5.82 Å². The summed E-state index contributed by atoms with van der Waals surface area (Å²) in [5, 5.41) is 1.15. The fraction of sp³-hybridized carbons (Fsp3) is 0.143. The molecule has 0 aromatic heterocycles. The van der Waals surface area contributed by atoms with Gasteiger partial charge in [0.1, 0.15) is 5.82 Å². The summed E-state index contributed by atoms with van der Waals surface area (Å²) < 4.78 is 12.4. The van der Waals surface area contributed by atoms with E-state index in [9.17, 15) is 4.39 Å². The maximum absolute atomic E-state index is 12.4. The highest BCUT2D eigenvalue weighted by Gasteiger charge is 1.91. The Morgan fingerprint density at radius 3 is 2.56 bits per heavy atom. The van der Waals surface area contributed by atoms with Gasteiger partial charge < -0.3 is 0 Å². The van der Waals surface area contributed by atoms with Crippen molar-refractivity contribution < 1.29 is 4.39 Å². The highest BCUT2D eigenvalue weighted by atomic mass is 28.1. The zero-order valence-corrected chi connectivity index (χ0v) is 7.61. The molecule has 0 spiro atoms. The van der Waals surface area contributed by atoms with E-state index in [0.29, 0.717) is 0 Å². The van der Waals surface area contributed by atoms with Crippen molar-refractivity contribution >= 4 is 15.4 Å². The van der Waals surface area contributed by atoms with Gasteiger partial charge in [0.25, 0.3) is 0 Å². The molecular weight excluding hydrogens is 131 g/mol. The van der Waals surface area contributed by atoms with Crippen molar-refractivity contribution in [1.29, 1.82) is 0 Å². The summed E-state index contributed by atoms with van der Waals surface area (Å²) in [5.74, 6) is -0.120. The Balaban J connectivity index is 3.17. The lowest BCUT2D eigenvalue weighted by atomic mass is 10.2. The molecule has 0 nitrogen and oxygen atoms in total. The number of halogens is 1. The fourth-order valence-corrected chi connectivity index (χ4v) is 1.15. The maximum Gasteiger partial charge on any atom is 0.123 e. The Morgan fingerprint density at radius 2 is 2.11 bits per heavy atom. The lowest BCUT2D eigenvalue weighted by molar-refractivity contribution is 0.628. The van der Waals surface area contributed by atoms with E-state index in [0.717, 1.165) is 15.4 Å². The Kier molecular flexibility index (Phi) is 1.67. The minimum Gasteiger partial charge on any atom is -0.207 e. The van der Waals surface area contributed by atoms with E-state index < -0.39 is 0 Å². The molecular formula is C7H9FSi. The summed E-state index contributed by atoms with van der Waals surface area (Å²) in [6.07, 6.45) is 0. The SMILES string of the molecule is Cc1ccc(F)cc1[SiH3]. The molecule has 1 aromatic rings. The van der Waals surface area contributed by atoms with Crippen LogP contribution in [0.15, 0.2) is 18.2 Å². The van der Waals surface area contributed by atoms with Gasteiger partial charge in [-0.3, -0.25) is 0 Å². The van der Waals surface area contributed by atoms with Crippen molar-refractivity contribution in [2.24, 2.45) is 0 Å². The van der Waals surface area contributed by atoms with Gasteiger partial charge in [0.2, 0.25) is 0 Å². The standard InChI is InChI=1S/C7H9FSi/c1-5-2-3-6(8)4-7(5)9/h2-4H,1,9H3. The predicted molar refractivity (Wildman–Crippen MR) is 40.7 cm³/mol. The fourth-order valence-electron chi connectivity index (χ4n) is 0.705. The van der Waals surface area contributed by atoms with Crippen LogP contribution in [0.25, 0.3) is 0 Å². The molecule has 48 valence electrons. The molecule has 2 heteroatoms. The molecule has 0 aliphatic rings. The Hall–Kier alpha value is -0.633. The lowest BCUT2D eigenvalue weighted by Crippen LogP contribution is -2.06. The normalized spacial score (nSPS) is 10.0. The number of hydrogen-bond donors (Lipinski definition) is 0. The van der Waals surface area contributed by atoms with Gasteiger partial charge in [0, 0.05) is 10.2 Å². The zero-order valence-electron chi connectivity index (χ0n) is 5.61. The van der Waals surface area contributed by atoms with E-state index >= 15 is 0 Å². The molecule has 0 bridgehead atoms. The lowest BCUT2D eigenvalue weighted by Gasteiger charge is -1.96. The minimum absolute atomic E-state index is 0.120. The third-order valence-corrected chi connectivity index (χ3v) is 2.55. The van der Waals surface area contributed by atoms with Crippen LogP contribution in [-0.4, -0.2) is 10.2 Å². The van der Waals surface area contributed by atoms with Crippen LogP contribution in [0.4, 0.5) is 4.39 Å². The molecule has 0 N–H and O–H groups in total. The second-order valence-electron chi connectivity index (χ2n) is 2.23. The molecule has 0 unspecified atom stereocenters. The van der Waals surface area contributed by atoms with Crippen molar-refractivity contribution in [2.75, 3.05) is 0 Å². The topological polar surface area (TPSA) is 0 Å². The third kappa shape index (κ3) is 1.39. The van der Waals surface area contributed by atoms with Crippen LogP contribution in [0.5, 0.6) is 0 Å². The summed E-state index contributed by atoms with van der Waals surface area (Å²) in [4.78, 5) is 0. The van der Waals surface area contributed by atoms with E-state index in [2.05, 4.69) is 0 Å². The van der Waals surface area contributed by atoms with E-state index in [1.165, 1.54) is 11.6 Å². The monoisotopic (exact) mass is 140 g/mol. The second-order valence-corrected chi connectivity index (χ2v) is 3.31. The van der Waals surface area contributed by atoms with Gasteiger partial charge in [-0.1, -0.05) is 16.8 Å². The molecule has 0 aliphatic heterocycles. The van der Waals surface area contributed by atoms with Crippen LogP contribution in [0, 0.1) is 12.7 Å². The maximum atomic E-state index is 12.4. The molecule has 0 heterocycles. The highest BCUT2D eigenvalue weighted by molar-refractivity contribution is 6.33. The van der Waals surface area contributed by atoms with E-state index in [1.54, 1.807) is 6.07 Å².